The zero-order valence-corrected chi connectivity index (χ0v) is 8.93. The monoisotopic (exact) mass is 246 g/mol. The number of carbonyl (C=O) groups excluding carboxylic acids is 3. The molecule has 17 heavy (non-hydrogen) atoms. The molecule has 96 valence electrons. The molecule has 0 aliphatic heterocycles. The molecular weight excluding hydrogens is 232 g/mol. The van der Waals surface area contributed by atoms with Crippen LogP contribution in [0, 0.1) is 0 Å². The van der Waals surface area contributed by atoms with Crippen LogP contribution in [0.5, 0.6) is 0 Å². The highest BCUT2D eigenvalue weighted by Gasteiger charge is 2.21. The first-order valence-corrected chi connectivity index (χ1v) is 4.64. The third kappa shape index (κ3) is 6.84. The quantitative estimate of drug-likeness (QED) is 0.312. The Bertz CT molecular complexity index is 330. The number of hydrogen-bond acceptors (Lipinski definition) is 5. The van der Waals surface area contributed by atoms with Crippen molar-refractivity contribution in [2.24, 2.45) is 11.5 Å². The van der Waals surface area contributed by atoms with E-state index >= 15 is 0 Å². The number of nitrogens with one attached hydrogen (secondary N) is 2. The number of nitrogens with two attached hydrogens (primary N) is 2. The summed E-state index contributed by atoms with van der Waals surface area (Å²) >= 11 is 0. The van der Waals surface area contributed by atoms with Crippen molar-refractivity contribution in [3.05, 3.63) is 0 Å². The molecule has 0 aromatic carbocycles. The average Bonchev–Trinajstić information content (AvgIpc) is 2.24. The van der Waals surface area contributed by atoms with E-state index in [-0.39, 0.29) is 6.54 Å². The maximum absolute atomic E-state index is 11.2. The van der Waals surface area contributed by atoms with E-state index in [2.05, 4.69) is 5.32 Å². The minimum absolute atomic E-state index is 0.281. The Labute approximate surface area is 96.5 Å². The average molecular weight is 246 g/mol. The third-order valence-electron chi connectivity index (χ3n) is 1.67. The van der Waals surface area contributed by atoms with Gasteiger partial charge >= 0.3 is 5.97 Å². The van der Waals surface area contributed by atoms with Crippen LogP contribution in [0.4, 0.5) is 0 Å². The van der Waals surface area contributed by atoms with Gasteiger partial charge in [0.15, 0.2) is 0 Å². The van der Waals surface area contributed by atoms with E-state index in [1.165, 1.54) is 0 Å². The van der Waals surface area contributed by atoms with Crippen LogP contribution in [0.15, 0.2) is 0 Å². The number of amides is 3. The van der Waals surface area contributed by atoms with E-state index in [1.807, 2.05) is 5.32 Å². The lowest BCUT2D eigenvalue weighted by molar-refractivity contribution is -0.143. The van der Waals surface area contributed by atoms with Crippen molar-refractivity contribution in [1.29, 1.82) is 0 Å². The van der Waals surface area contributed by atoms with E-state index in [0.717, 1.165) is 0 Å². The molecular formula is C8H14N4O5. The summed E-state index contributed by atoms with van der Waals surface area (Å²) in [5.74, 6) is -3.55. The van der Waals surface area contributed by atoms with Crippen LogP contribution in [0.3, 0.4) is 0 Å². The van der Waals surface area contributed by atoms with Crippen LogP contribution < -0.4 is 22.1 Å². The van der Waals surface area contributed by atoms with Crippen LogP contribution in [0.25, 0.3) is 0 Å². The molecule has 0 bridgehead atoms. The fourth-order valence-electron chi connectivity index (χ4n) is 0.898. The van der Waals surface area contributed by atoms with E-state index < -0.39 is 42.7 Å². The highest BCUT2D eigenvalue weighted by molar-refractivity contribution is 5.90. The van der Waals surface area contributed by atoms with Crippen molar-refractivity contribution in [3.63, 3.8) is 0 Å². The standard InChI is InChI=1S/C8H14N4O5/c9-2-6(14)11-3-7(15)12-4(8(16)17)1-5(10)13/h4H,1-3,9H2,(H2,10,13)(H,11,14)(H,12,15)(H,16,17). The normalized spacial score (nSPS) is 11.4. The molecule has 0 aromatic rings. The van der Waals surface area contributed by atoms with E-state index in [1.54, 1.807) is 0 Å². The molecule has 0 saturated carbocycles. The van der Waals surface area contributed by atoms with Gasteiger partial charge in [0.25, 0.3) is 0 Å². The van der Waals surface area contributed by atoms with Crippen LogP contribution >= 0.6 is 0 Å². The van der Waals surface area contributed by atoms with Gasteiger partial charge in [-0.25, -0.2) is 4.79 Å². The van der Waals surface area contributed by atoms with Crippen molar-refractivity contribution in [2.45, 2.75) is 12.5 Å². The molecule has 9 nitrogen and oxygen atoms in total. The summed E-state index contributed by atoms with van der Waals surface area (Å²) in [5.41, 5.74) is 9.79. The zero-order valence-electron chi connectivity index (χ0n) is 8.93. The molecule has 0 radical (unpaired) electrons. The Kier molecular flexibility index (Phi) is 6.26. The molecule has 1 atom stereocenters. The summed E-state index contributed by atoms with van der Waals surface area (Å²) in [4.78, 5) is 43.0. The van der Waals surface area contributed by atoms with Gasteiger partial charge in [-0.1, -0.05) is 0 Å². The van der Waals surface area contributed by atoms with Crippen LogP contribution in [-0.2, 0) is 19.2 Å². The van der Waals surface area contributed by atoms with Gasteiger partial charge in [0.2, 0.25) is 17.7 Å². The Hall–Kier alpha value is -2.16. The Morgan fingerprint density at radius 1 is 1.18 bits per heavy atom. The Morgan fingerprint density at radius 2 is 1.76 bits per heavy atom. The first-order chi connectivity index (χ1) is 7.86. The molecule has 0 heterocycles. The Morgan fingerprint density at radius 3 is 2.18 bits per heavy atom. The van der Waals surface area contributed by atoms with Crippen molar-refractivity contribution in [1.82, 2.24) is 10.6 Å². The zero-order chi connectivity index (χ0) is 13.4. The highest BCUT2D eigenvalue weighted by atomic mass is 16.4. The molecule has 0 aliphatic carbocycles. The topological polar surface area (TPSA) is 165 Å². The number of rotatable bonds is 7. The fourth-order valence-corrected chi connectivity index (χ4v) is 0.898. The molecule has 9 heteroatoms. The van der Waals surface area contributed by atoms with Crippen LogP contribution in [-0.4, -0.2) is 47.9 Å². The number of carboxylic acid groups (broad SMARTS) is 1. The summed E-state index contributed by atoms with van der Waals surface area (Å²) in [6, 6.07) is -1.41. The summed E-state index contributed by atoms with van der Waals surface area (Å²) < 4.78 is 0. The van der Waals surface area contributed by atoms with E-state index in [0.29, 0.717) is 0 Å². The fraction of sp³-hybridized carbons (Fsp3) is 0.500. The smallest absolute Gasteiger partial charge is 0.326 e. The van der Waals surface area contributed by atoms with Gasteiger partial charge < -0.3 is 27.2 Å². The molecule has 7 N–H and O–H groups in total. The second-order valence-corrected chi connectivity index (χ2v) is 3.11. The van der Waals surface area contributed by atoms with Crippen LogP contribution in [0.1, 0.15) is 6.42 Å². The molecule has 0 aromatic heterocycles. The van der Waals surface area contributed by atoms with Gasteiger partial charge in [0, 0.05) is 0 Å². The third-order valence-corrected chi connectivity index (χ3v) is 1.67. The predicted molar refractivity (Wildman–Crippen MR) is 55.4 cm³/mol. The number of hydrogen-bond donors (Lipinski definition) is 5. The first-order valence-electron chi connectivity index (χ1n) is 4.64. The van der Waals surface area contributed by atoms with Crippen molar-refractivity contribution < 1.29 is 24.3 Å². The lowest BCUT2D eigenvalue weighted by Crippen LogP contribution is -2.47. The minimum atomic E-state index is -1.41. The second-order valence-electron chi connectivity index (χ2n) is 3.11. The van der Waals surface area contributed by atoms with E-state index in [9.17, 15) is 19.2 Å². The highest BCUT2D eigenvalue weighted by Crippen LogP contribution is 1.91. The van der Waals surface area contributed by atoms with Gasteiger partial charge in [-0.2, -0.15) is 0 Å². The lowest BCUT2D eigenvalue weighted by atomic mass is 10.2. The van der Waals surface area contributed by atoms with Crippen molar-refractivity contribution in [2.75, 3.05) is 13.1 Å². The van der Waals surface area contributed by atoms with Gasteiger partial charge in [0.05, 0.1) is 19.5 Å². The molecule has 0 fully saturated rings. The largest absolute Gasteiger partial charge is 0.480 e. The van der Waals surface area contributed by atoms with Crippen LogP contribution in [0.2, 0.25) is 0 Å². The molecule has 0 aliphatic rings. The maximum Gasteiger partial charge on any atom is 0.326 e. The number of carboxylic acids is 1. The van der Waals surface area contributed by atoms with Crippen molar-refractivity contribution >= 4 is 23.7 Å². The molecule has 0 spiro atoms. The van der Waals surface area contributed by atoms with Gasteiger partial charge in [0.1, 0.15) is 6.04 Å². The molecule has 0 saturated heterocycles. The molecule has 3 amide bonds. The number of primary amides is 1. The maximum atomic E-state index is 11.2. The van der Waals surface area contributed by atoms with Gasteiger partial charge in [-0.3, -0.25) is 14.4 Å². The summed E-state index contributed by atoms with van der Waals surface area (Å²) in [7, 11) is 0. The van der Waals surface area contributed by atoms with E-state index in [4.69, 9.17) is 16.6 Å². The minimum Gasteiger partial charge on any atom is -0.480 e. The van der Waals surface area contributed by atoms with Crippen molar-refractivity contribution in [3.8, 4) is 0 Å². The molecule has 0 rings (SSSR count). The summed E-state index contributed by atoms with van der Waals surface area (Å²) in [6.07, 6.45) is -0.522. The predicted octanol–water partition coefficient (Wildman–Crippen LogP) is -3.49. The summed E-state index contributed by atoms with van der Waals surface area (Å²) in [5, 5.41) is 12.8. The lowest BCUT2D eigenvalue weighted by Gasteiger charge is -2.12. The SMILES string of the molecule is NCC(=O)NCC(=O)NC(CC(N)=O)C(=O)O. The number of carbonyl (C=O) groups is 4. The second kappa shape index (κ2) is 7.17. The van der Waals surface area contributed by atoms with Gasteiger partial charge in [-0.15, -0.1) is 0 Å². The Balaban J connectivity index is 4.17. The summed E-state index contributed by atoms with van der Waals surface area (Å²) in [6.45, 7) is -0.699. The first kappa shape index (κ1) is 14.8. The number of aliphatic carboxylic acids is 1. The van der Waals surface area contributed by atoms with Gasteiger partial charge in [-0.05, 0) is 0 Å². The molecule has 1 unspecified atom stereocenters.